The van der Waals surface area contributed by atoms with E-state index < -0.39 is 0 Å². The minimum absolute atomic E-state index is 0. The van der Waals surface area contributed by atoms with Crippen LogP contribution in [-0.4, -0.2) is 85.5 Å². The maximum absolute atomic E-state index is 12.4. The first-order valence-corrected chi connectivity index (χ1v) is 10.3. The molecule has 1 aromatic rings. The number of carbonyl (C=O) groups excluding carboxylic acids is 1. The number of halogens is 1. The van der Waals surface area contributed by atoms with E-state index in [1.54, 1.807) is 18.4 Å². The molecule has 2 fully saturated rings. The van der Waals surface area contributed by atoms with E-state index in [1.165, 1.54) is 25.9 Å². The highest BCUT2D eigenvalue weighted by Gasteiger charge is 2.25. The number of furan rings is 1. The van der Waals surface area contributed by atoms with Crippen molar-refractivity contribution in [2.45, 2.75) is 26.7 Å². The van der Waals surface area contributed by atoms with Crippen LogP contribution in [0.25, 0.3) is 0 Å². The molecule has 1 amide bonds. The summed E-state index contributed by atoms with van der Waals surface area (Å²) in [6, 6.07) is 3.48. The predicted molar refractivity (Wildman–Crippen MR) is 122 cm³/mol. The Bertz CT molecular complexity index is 608. The molecule has 1 atom stereocenters. The molecule has 158 valence electrons. The van der Waals surface area contributed by atoms with Crippen molar-refractivity contribution in [2.75, 3.05) is 58.9 Å². The fraction of sp³-hybridized carbons (Fsp3) is 0.700. The summed E-state index contributed by atoms with van der Waals surface area (Å²) in [5.74, 6) is 1.91. The minimum Gasteiger partial charge on any atom is -0.459 e. The summed E-state index contributed by atoms with van der Waals surface area (Å²) in [5, 5.41) is 3.41. The molecule has 2 aliphatic rings. The summed E-state index contributed by atoms with van der Waals surface area (Å²) in [4.78, 5) is 24.0. The summed E-state index contributed by atoms with van der Waals surface area (Å²) < 4.78 is 5.24. The van der Waals surface area contributed by atoms with Crippen LogP contribution in [0, 0.1) is 5.92 Å². The van der Waals surface area contributed by atoms with E-state index in [-0.39, 0.29) is 29.9 Å². The number of rotatable bonds is 6. The SMILES string of the molecule is CCNC(=NCC(C)CN1CCCC1)N1CCN(C(=O)c2ccco2)CC1.I. The van der Waals surface area contributed by atoms with Gasteiger partial charge in [-0.15, -0.1) is 24.0 Å². The van der Waals surface area contributed by atoms with Gasteiger partial charge in [0, 0.05) is 45.8 Å². The van der Waals surface area contributed by atoms with Gasteiger partial charge in [0.05, 0.1) is 6.26 Å². The molecule has 3 rings (SSSR count). The van der Waals surface area contributed by atoms with Gasteiger partial charge in [-0.3, -0.25) is 9.79 Å². The second kappa shape index (κ2) is 11.6. The second-order valence-corrected chi connectivity index (χ2v) is 7.56. The number of guanidine groups is 1. The largest absolute Gasteiger partial charge is 0.459 e. The Labute approximate surface area is 185 Å². The average molecular weight is 503 g/mol. The number of hydrogen-bond donors (Lipinski definition) is 1. The molecule has 0 bridgehead atoms. The van der Waals surface area contributed by atoms with Crippen LogP contribution in [0.15, 0.2) is 27.8 Å². The number of nitrogens with one attached hydrogen (secondary N) is 1. The summed E-state index contributed by atoms with van der Waals surface area (Å²) in [6.07, 6.45) is 4.21. The Morgan fingerprint density at radius 2 is 1.86 bits per heavy atom. The average Bonchev–Trinajstić information content (AvgIpc) is 3.39. The molecule has 0 aromatic carbocycles. The zero-order valence-corrected chi connectivity index (χ0v) is 19.4. The van der Waals surface area contributed by atoms with E-state index in [0.29, 0.717) is 24.8 Å². The smallest absolute Gasteiger partial charge is 0.289 e. The first-order valence-electron chi connectivity index (χ1n) is 10.3. The topological polar surface area (TPSA) is 64.3 Å². The second-order valence-electron chi connectivity index (χ2n) is 7.56. The molecule has 0 radical (unpaired) electrons. The summed E-state index contributed by atoms with van der Waals surface area (Å²) in [5.41, 5.74) is 0. The molecule has 0 saturated carbocycles. The van der Waals surface area contributed by atoms with Crippen molar-refractivity contribution < 1.29 is 9.21 Å². The molecule has 1 unspecified atom stereocenters. The Hall–Kier alpha value is -1.29. The molecular formula is C20H34IN5O2. The lowest BCUT2D eigenvalue weighted by molar-refractivity contribution is 0.0657. The molecule has 3 heterocycles. The third-order valence-corrected chi connectivity index (χ3v) is 5.25. The van der Waals surface area contributed by atoms with Crippen LogP contribution in [0.1, 0.15) is 37.2 Å². The Kier molecular flexibility index (Phi) is 9.57. The third-order valence-electron chi connectivity index (χ3n) is 5.25. The molecule has 2 saturated heterocycles. The van der Waals surface area contributed by atoms with E-state index in [2.05, 4.69) is 29.0 Å². The maximum atomic E-state index is 12.4. The van der Waals surface area contributed by atoms with Crippen LogP contribution in [-0.2, 0) is 0 Å². The Morgan fingerprint density at radius 1 is 1.18 bits per heavy atom. The standard InChI is InChI=1S/C20H33N5O2.HI/c1-3-21-20(22-15-17(2)16-23-8-4-5-9-23)25-12-10-24(11-13-25)19(26)18-7-6-14-27-18;/h6-7,14,17H,3-5,8-13,15-16H2,1-2H3,(H,21,22);1H. The molecule has 8 heteroatoms. The summed E-state index contributed by atoms with van der Waals surface area (Å²) in [6.45, 7) is 12.6. The maximum Gasteiger partial charge on any atom is 0.289 e. The molecule has 7 nitrogen and oxygen atoms in total. The van der Waals surface area contributed by atoms with Crippen LogP contribution in [0.4, 0.5) is 0 Å². The van der Waals surface area contributed by atoms with Gasteiger partial charge in [-0.25, -0.2) is 0 Å². The van der Waals surface area contributed by atoms with E-state index >= 15 is 0 Å². The van der Waals surface area contributed by atoms with Crippen LogP contribution in [0.2, 0.25) is 0 Å². The third kappa shape index (κ3) is 6.37. The first kappa shape index (κ1) is 23.0. The normalized spacial score (nSPS) is 19.4. The highest BCUT2D eigenvalue weighted by Crippen LogP contribution is 2.12. The predicted octanol–water partition coefficient (Wildman–Crippen LogP) is 2.35. The van der Waals surface area contributed by atoms with Gasteiger partial charge < -0.3 is 24.4 Å². The van der Waals surface area contributed by atoms with Gasteiger partial charge in [-0.1, -0.05) is 6.92 Å². The van der Waals surface area contributed by atoms with Gasteiger partial charge in [-0.05, 0) is 50.9 Å². The quantitative estimate of drug-likeness (QED) is 0.367. The Morgan fingerprint density at radius 3 is 2.46 bits per heavy atom. The van der Waals surface area contributed by atoms with Crippen LogP contribution >= 0.6 is 24.0 Å². The van der Waals surface area contributed by atoms with E-state index in [4.69, 9.17) is 9.41 Å². The minimum atomic E-state index is -0.0270. The molecule has 2 aliphatic heterocycles. The summed E-state index contributed by atoms with van der Waals surface area (Å²) >= 11 is 0. The van der Waals surface area contributed by atoms with Gasteiger partial charge in [-0.2, -0.15) is 0 Å². The van der Waals surface area contributed by atoms with Crippen molar-refractivity contribution in [3.63, 3.8) is 0 Å². The number of nitrogens with zero attached hydrogens (tertiary/aromatic N) is 4. The van der Waals surface area contributed by atoms with E-state index in [0.717, 1.165) is 38.7 Å². The van der Waals surface area contributed by atoms with Crippen molar-refractivity contribution in [1.29, 1.82) is 0 Å². The highest BCUT2D eigenvalue weighted by molar-refractivity contribution is 14.0. The van der Waals surface area contributed by atoms with Gasteiger partial charge in [0.25, 0.3) is 5.91 Å². The molecular weight excluding hydrogens is 469 g/mol. The van der Waals surface area contributed by atoms with Gasteiger partial charge >= 0.3 is 0 Å². The summed E-state index contributed by atoms with van der Waals surface area (Å²) in [7, 11) is 0. The monoisotopic (exact) mass is 503 g/mol. The number of carbonyl (C=O) groups is 1. The molecule has 28 heavy (non-hydrogen) atoms. The van der Waals surface area contributed by atoms with Crippen molar-refractivity contribution in [3.8, 4) is 0 Å². The van der Waals surface area contributed by atoms with E-state index in [9.17, 15) is 4.79 Å². The molecule has 1 N–H and O–H groups in total. The van der Waals surface area contributed by atoms with E-state index in [1.807, 2.05) is 4.90 Å². The van der Waals surface area contributed by atoms with Crippen LogP contribution < -0.4 is 5.32 Å². The van der Waals surface area contributed by atoms with Crippen molar-refractivity contribution in [3.05, 3.63) is 24.2 Å². The number of hydrogen-bond acceptors (Lipinski definition) is 4. The zero-order chi connectivity index (χ0) is 19.1. The lowest BCUT2D eigenvalue weighted by Gasteiger charge is -2.36. The van der Waals surface area contributed by atoms with Crippen molar-refractivity contribution in [1.82, 2.24) is 20.0 Å². The highest BCUT2D eigenvalue weighted by atomic mass is 127. The Balaban J connectivity index is 0.00000280. The molecule has 0 spiro atoms. The van der Waals surface area contributed by atoms with Gasteiger partial charge in [0.2, 0.25) is 0 Å². The number of amides is 1. The lowest BCUT2D eigenvalue weighted by atomic mass is 10.2. The number of aliphatic imine (C=N–C) groups is 1. The fourth-order valence-electron chi connectivity index (χ4n) is 3.81. The van der Waals surface area contributed by atoms with Crippen molar-refractivity contribution in [2.24, 2.45) is 10.9 Å². The molecule has 1 aromatic heterocycles. The number of likely N-dealkylation sites (tertiary alicyclic amines) is 1. The lowest BCUT2D eigenvalue weighted by Crippen LogP contribution is -2.53. The number of piperazine rings is 1. The van der Waals surface area contributed by atoms with Crippen molar-refractivity contribution >= 4 is 35.8 Å². The first-order chi connectivity index (χ1) is 13.2. The zero-order valence-electron chi connectivity index (χ0n) is 17.1. The van der Waals surface area contributed by atoms with Crippen LogP contribution in [0.5, 0.6) is 0 Å². The van der Waals surface area contributed by atoms with Gasteiger partial charge in [0.15, 0.2) is 11.7 Å². The molecule has 0 aliphatic carbocycles. The van der Waals surface area contributed by atoms with Crippen LogP contribution in [0.3, 0.4) is 0 Å². The van der Waals surface area contributed by atoms with Gasteiger partial charge in [0.1, 0.15) is 0 Å². The fourth-order valence-corrected chi connectivity index (χ4v) is 3.81.